The topological polar surface area (TPSA) is 43.7 Å². The predicted octanol–water partition coefficient (Wildman–Crippen LogP) is 2.27. The zero-order valence-corrected chi connectivity index (χ0v) is 12.7. The van der Waals surface area contributed by atoms with E-state index in [0.717, 1.165) is 25.9 Å². The summed E-state index contributed by atoms with van der Waals surface area (Å²) in [7, 11) is 0. The van der Waals surface area contributed by atoms with E-state index in [-0.39, 0.29) is 6.61 Å². The molecule has 0 aromatic carbocycles. The molecule has 1 aliphatic rings. The van der Waals surface area contributed by atoms with Crippen LogP contribution in [0.25, 0.3) is 0 Å². The van der Waals surface area contributed by atoms with Crippen molar-refractivity contribution in [2.45, 2.75) is 45.3 Å². The van der Waals surface area contributed by atoms with Crippen molar-refractivity contribution in [2.24, 2.45) is 5.92 Å². The number of aliphatic hydroxyl groups excluding tert-OH is 1. The van der Waals surface area contributed by atoms with Gasteiger partial charge in [-0.3, -0.25) is 4.90 Å². The zero-order valence-electron chi connectivity index (χ0n) is 11.9. The molecule has 1 aliphatic heterocycles. The quantitative estimate of drug-likeness (QED) is 0.871. The second kappa shape index (κ2) is 6.35. The number of aliphatic hydroxyl groups is 2. The van der Waals surface area contributed by atoms with E-state index in [9.17, 15) is 10.2 Å². The first-order valence-corrected chi connectivity index (χ1v) is 7.95. The lowest BCUT2D eigenvalue weighted by Crippen LogP contribution is -2.49. The summed E-state index contributed by atoms with van der Waals surface area (Å²) in [6.07, 6.45) is 2.82. The Balaban J connectivity index is 1.91. The Morgan fingerprint density at radius 3 is 2.79 bits per heavy atom. The Kier molecular flexibility index (Phi) is 5.01. The fourth-order valence-electron chi connectivity index (χ4n) is 2.71. The Morgan fingerprint density at radius 1 is 1.37 bits per heavy atom. The van der Waals surface area contributed by atoms with E-state index >= 15 is 0 Å². The molecule has 0 bridgehead atoms. The molecule has 1 saturated heterocycles. The number of hydrogen-bond acceptors (Lipinski definition) is 4. The number of thiophene rings is 1. The van der Waals surface area contributed by atoms with Crippen LogP contribution >= 0.6 is 11.3 Å². The molecular formula is C15H25NO2S. The maximum Gasteiger partial charge on any atom is 0.100 e. The van der Waals surface area contributed by atoms with Crippen LogP contribution in [0.15, 0.2) is 12.1 Å². The summed E-state index contributed by atoms with van der Waals surface area (Å²) in [4.78, 5) is 5.06. The molecule has 19 heavy (non-hydrogen) atoms. The van der Waals surface area contributed by atoms with Crippen molar-refractivity contribution in [1.82, 2.24) is 4.90 Å². The summed E-state index contributed by atoms with van der Waals surface area (Å²) in [6.45, 7) is 6.84. The van der Waals surface area contributed by atoms with E-state index in [1.54, 1.807) is 0 Å². The number of piperidine rings is 1. The summed E-state index contributed by atoms with van der Waals surface area (Å²) in [5.41, 5.74) is -0.893. The molecule has 4 heteroatoms. The summed E-state index contributed by atoms with van der Waals surface area (Å²) >= 11 is 1.88. The maximum atomic E-state index is 10.2. The van der Waals surface area contributed by atoms with Gasteiger partial charge in [-0.15, -0.1) is 11.3 Å². The van der Waals surface area contributed by atoms with Crippen molar-refractivity contribution in [3.63, 3.8) is 0 Å². The van der Waals surface area contributed by atoms with E-state index < -0.39 is 5.60 Å². The molecule has 0 saturated carbocycles. The number of hydrogen-bond donors (Lipinski definition) is 2. The highest BCUT2D eigenvalue weighted by Gasteiger charge is 2.32. The van der Waals surface area contributed by atoms with E-state index in [0.29, 0.717) is 18.9 Å². The molecule has 108 valence electrons. The predicted molar refractivity (Wildman–Crippen MR) is 79.4 cm³/mol. The number of nitrogens with zero attached hydrogens (tertiary/aromatic N) is 1. The lowest BCUT2D eigenvalue weighted by Gasteiger charge is -2.37. The molecule has 0 unspecified atom stereocenters. The summed E-state index contributed by atoms with van der Waals surface area (Å²) in [6, 6.07) is 4.43. The van der Waals surface area contributed by atoms with Gasteiger partial charge < -0.3 is 10.2 Å². The number of rotatable bonds is 5. The maximum absolute atomic E-state index is 10.2. The van der Waals surface area contributed by atoms with E-state index in [1.807, 2.05) is 11.3 Å². The van der Waals surface area contributed by atoms with Crippen LogP contribution in [-0.4, -0.2) is 40.4 Å². The van der Waals surface area contributed by atoms with Gasteiger partial charge in [0.1, 0.15) is 5.60 Å². The minimum absolute atomic E-state index is 0.132. The van der Waals surface area contributed by atoms with E-state index in [1.165, 1.54) is 9.75 Å². The Morgan fingerprint density at radius 2 is 2.11 bits per heavy atom. The van der Waals surface area contributed by atoms with Gasteiger partial charge in [-0.2, -0.15) is 0 Å². The van der Waals surface area contributed by atoms with Crippen molar-refractivity contribution in [3.05, 3.63) is 21.9 Å². The van der Waals surface area contributed by atoms with Crippen molar-refractivity contribution in [3.8, 4) is 0 Å². The van der Waals surface area contributed by atoms with Crippen molar-refractivity contribution in [1.29, 1.82) is 0 Å². The number of likely N-dealkylation sites (tertiary alicyclic amines) is 1. The third-order valence-electron chi connectivity index (χ3n) is 3.63. The second-order valence-corrected chi connectivity index (χ2v) is 7.42. The molecule has 0 aliphatic carbocycles. The summed E-state index contributed by atoms with van der Waals surface area (Å²) in [5, 5.41) is 19.4. The van der Waals surface area contributed by atoms with Gasteiger partial charge in [-0.25, -0.2) is 0 Å². The van der Waals surface area contributed by atoms with Gasteiger partial charge >= 0.3 is 0 Å². The van der Waals surface area contributed by atoms with Crippen LogP contribution in [-0.2, 0) is 13.0 Å². The Labute approximate surface area is 119 Å². The average molecular weight is 283 g/mol. The minimum Gasteiger partial charge on any atom is -0.393 e. The lowest BCUT2D eigenvalue weighted by atomic mass is 9.94. The SMILES string of the molecule is CC(C)Cc1ccc(CN2CCC[C@@](O)(CO)C2)s1. The van der Waals surface area contributed by atoms with Gasteiger partial charge in [-0.05, 0) is 43.9 Å². The van der Waals surface area contributed by atoms with Crippen molar-refractivity contribution in [2.75, 3.05) is 19.7 Å². The first kappa shape index (κ1) is 15.0. The Hall–Kier alpha value is -0.420. The molecule has 0 spiro atoms. The third kappa shape index (κ3) is 4.28. The van der Waals surface area contributed by atoms with Gasteiger partial charge in [0, 0.05) is 22.8 Å². The van der Waals surface area contributed by atoms with Crippen LogP contribution in [0.1, 0.15) is 36.4 Å². The van der Waals surface area contributed by atoms with E-state index in [4.69, 9.17) is 0 Å². The fourth-order valence-corrected chi connectivity index (χ4v) is 3.98. The number of β-amino-alcohol motifs (C(OH)–C–C–N with tert-alkyl or cyclic N) is 1. The summed E-state index contributed by atoms with van der Waals surface area (Å²) < 4.78 is 0. The standard InChI is InChI=1S/C15H25NO2S/c1-12(2)8-13-4-5-14(19-13)9-16-7-3-6-15(18,10-16)11-17/h4-5,12,17-18H,3,6-11H2,1-2H3/t15-/m0/s1. The van der Waals surface area contributed by atoms with Gasteiger partial charge in [-0.1, -0.05) is 13.8 Å². The molecule has 1 atom stereocenters. The summed E-state index contributed by atoms with van der Waals surface area (Å²) in [5.74, 6) is 0.695. The monoisotopic (exact) mass is 283 g/mol. The molecule has 1 aromatic rings. The van der Waals surface area contributed by atoms with Crippen LogP contribution < -0.4 is 0 Å². The van der Waals surface area contributed by atoms with Gasteiger partial charge in [0.25, 0.3) is 0 Å². The van der Waals surface area contributed by atoms with Crippen LogP contribution in [0.5, 0.6) is 0 Å². The van der Waals surface area contributed by atoms with Crippen molar-refractivity contribution < 1.29 is 10.2 Å². The molecule has 2 N–H and O–H groups in total. The smallest absolute Gasteiger partial charge is 0.100 e. The van der Waals surface area contributed by atoms with Gasteiger partial charge in [0.2, 0.25) is 0 Å². The normalized spacial score (nSPS) is 25.1. The first-order chi connectivity index (χ1) is 9.00. The lowest BCUT2D eigenvalue weighted by molar-refractivity contribution is -0.0685. The molecular weight excluding hydrogens is 258 g/mol. The van der Waals surface area contributed by atoms with E-state index in [2.05, 4.69) is 30.9 Å². The van der Waals surface area contributed by atoms with Crippen LogP contribution in [0.2, 0.25) is 0 Å². The zero-order chi connectivity index (χ0) is 13.9. The molecule has 2 heterocycles. The van der Waals surface area contributed by atoms with Crippen LogP contribution in [0, 0.1) is 5.92 Å². The van der Waals surface area contributed by atoms with Crippen LogP contribution in [0.3, 0.4) is 0 Å². The second-order valence-electron chi connectivity index (χ2n) is 6.16. The molecule has 2 rings (SSSR count). The molecule has 3 nitrogen and oxygen atoms in total. The molecule has 1 aromatic heterocycles. The molecule has 1 fully saturated rings. The van der Waals surface area contributed by atoms with Crippen molar-refractivity contribution >= 4 is 11.3 Å². The molecule has 0 radical (unpaired) electrons. The van der Waals surface area contributed by atoms with Gasteiger partial charge in [0.05, 0.1) is 6.61 Å². The third-order valence-corrected chi connectivity index (χ3v) is 4.73. The first-order valence-electron chi connectivity index (χ1n) is 7.14. The highest BCUT2D eigenvalue weighted by Crippen LogP contribution is 2.25. The van der Waals surface area contributed by atoms with Crippen LogP contribution in [0.4, 0.5) is 0 Å². The minimum atomic E-state index is -0.893. The largest absolute Gasteiger partial charge is 0.393 e. The fraction of sp³-hybridized carbons (Fsp3) is 0.733. The average Bonchev–Trinajstić information content (AvgIpc) is 2.76. The highest BCUT2D eigenvalue weighted by atomic mass is 32.1. The molecule has 0 amide bonds. The Bertz CT molecular complexity index is 405. The highest BCUT2D eigenvalue weighted by molar-refractivity contribution is 7.11. The van der Waals surface area contributed by atoms with Gasteiger partial charge in [0.15, 0.2) is 0 Å².